The predicted octanol–water partition coefficient (Wildman–Crippen LogP) is 3.87. The van der Waals surface area contributed by atoms with Crippen molar-refractivity contribution in [3.63, 3.8) is 0 Å². The van der Waals surface area contributed by atoms with Gasteiger partial charge in [-0.25, -0.2) is 4.39 Å². The van der Waals surface area contributed by atoms with Gasteiger partial charge in [-0.05, 0) is 42.5 Å². The van der Waals surface area contributed by atoms with Crippen LogP contribution >= 0.6 is 0 Å². The fourth-order valence-electron chi connectivity index (χ4n) is 4.70. The first-order valence-corrected chi connectivity index (χ1v) is 9.80. The van der Waals surface area contributed by atoms with Gasteiger partial charge >= 0.3 is 5.97 Å². The number of carboxylic acids is 1. The Balaban J connectivity index is 1.56. The number of carboxylic acid groups (broad SMARTS) is 1. The molecule has 1 heterocycles. The number of rotatable bonds is 5. The summed E-state index contributed by atoms with van der Waals surface area (Å²) >= 11 is 0. The minimum Gasteiger partial charge on any atom is -0.481 e. The number of carbonyl (C=O) groups is 2. The molecular formula is C23H24FNO3. The largest absolute Gasteiger partial charge is 0.481 e. The van der Waals surface area contributed by atoms with E-state index < -0.39 is 17.3 Å². The number of nitrogens with zero attached hydrogens (tertiary/aromatic N) is 1. The maximum Gasteiger partial charge on any atom is 0.308 e. The first-order valence-electron chi connectivity index (χ1n) is 9.80. The standard InChI is InChI=1S/C23H24FNO3/c24-18-9-4-6-16(12-18)13-23(10-5-11-23)22(28)25-14-19(20(15-25)21(26)27)17-7-2-1-3-8-17/h1-4,6-9,12,19-20H,5,10-11,13-15H2,(H,26,27). The molecule has 1 saturated carbocycles. The highest BCUT2D eigenvalue weighted by Gasteiger charge is 2.50. The Morgan fingerprint density at radius 2 is 1.82 bits per heavy atom. The van der Waals surface area contributed by atoms with Gasteiger partial charge in [0.15, 0.2) is 0 Å². The van der Waals surface area contributed by atoms with Gasteiger partial charge in [0.2, 0.25) is 5.91 Å². The highest BCUT2D eigenvalue weighted by atomic mass is 19.1. The Morgan fingerprint density at radius 1 is 1.07 bits per heavy atom. The molecule has 2 aliphatic rings. The Hall–Kier alpha value is -2.69. The summed E-state index contributed by atoms with van der Waals surface area (Å²) in [5.41, 5.74) is 1.25. The lowest BCUT2D eigenvalue weighted by Gasteiger charge is -2.43. The van der Waals surface area contributed by atoms with Gasteiger partial charge in [0, 0.05) is 19.0 Å². The molecular weight excluding hydrogens is 357 g/mol. The van der Waals surface area contributed by atoms with E-state index in [0.29, 0.717) is 13.0 Å². The lowest BCUT2D eigenvalue weighted by molar-refractivity contribution is -0.147. The molecule has 2 fully saturated rings. The van der Waals surface area contributed by atoms with Crippen molar-refractivity contribution in [1.29, 1.82) is 0 Å². The molecule has 28 heavy (non-hydrogen) atoms. The van der Waals surface area contributed by atoms with Crippen molar-refractivity contribution in [1.82, 2.24) is 4.90 Å². The van der Waals surface area contributed by atoms with Gasteiger partial charge in [-0.1, -0.05) is 48.9 Å². The van der Waals surface area contributed by atoms with Crippen LogP contribution in [0.3, 0.4) is 0 Å². The second-order valence-electron chi connectivity index (χ2n) is 8.11. The third-order valence-electron chi connectivity index (χ3n) is 6.35. The first kappa shape index (κ1) is 18.7. The van der Waals surface area contributed by atoms with E-state index >= 15 is 0 Å². The smallest absolute Gasteiger partial charge is 0.308 e. The number of hydrogen-bond acceptors (Lipinski definition) is 2. The highest BCUT2D eigenvalue weighted by Crippen LogP contribution is 2.47. The van der Waals surface area contributed by atoms with E-state index in [-0.39, 0.29) is 24.2 Å². The number of benzene rings is 2. The molecule has 1 aliphatic heterocycles. The van der Waals surface area contributed by atoms with Crippen molar-refractivity contribution in [2.24, 2.45) is 11.3 Å². The number of halogens is 1. The average Bonchev–Trinajstić information content (AvgIpc) is 3.11. The van der Waals surface area contributed by atoms with Crippen molar-refractivity contribution in [3.05, 3.63) is 71.5 Å². The molecule has 1 aliphatic carbocycles. The van der Waals surface area contributed by atoms with Crippen LogP contribution in [0.4, 0.5) is 4.39 Å². The van der Waals surface area contributed by atoms with Gasteiger partial charge in [-0.3, -0.25) is 9.59 Å². The monoisotopic (exact) mass is 381 g/mol. The summed E-state index contributed by atoms with van der Waals surface area (Å²) in [7, 11) is 0. The average molecular weight is 381 g/mol. The Bertz CT molecular complexity index is 878. The quantitative estimate of drug-likeness (QED) is 0.856. The first-order chi connectivity index (χ1) is 13.5. The van der Waals surface area contributed by atoms with Crippen molar-refractivity contribution < 1.29 is 19.1 Å². The third kappa shape index (κ3) is 3.41. The lowest BCUT2D eigenvalue weighted by atomic mass is 9.64. The molecule has 0 radical (unpaired) electrons. The van der Waals surface area contributed by atoms with Crippen LogP contribution < -0.4 is 0 Å². The molecule has 5 heteroatoms. The van der Waals surface area contributed by atoms with E-state index in [1.54, 1.807) is 11.0 Å². The van der Waals surface area contributed by atoms with Gasteiger partial charge in [0.05, 0.1) is 11.3 Å². The van der Waals surface area contributed by atoms with Gasteiger partial charge in [0.1, 0.15) is 5.82 Å². The number of amides is 1. The van der Waals surface area contributed by atoms with Crippen LogP contribution in [0.5, 0.6) is 0 Å². The Morgan fingerprint density at radius 3 is 2.43 bits per heavy atom. The van der Waals surface area contributed by atoms with Gasteiger partial charge in [0.25, 0.3) is 0 Å². The molecule has 2 aromatic rings. The summed E-state index contributed by atoms with van der Waals surface area (Å²) in [5.74, 6) is -1.94. The topological polar surface area (TPSA) is 57.6 Å². The van der Waals surface area contributed by atoms with Crippen molar-refractivity contribution in [3.8, 4) is 0 Å². The molecule has 4 rings (SSSR count). The molecule has 146 valence electrons. The number of hydrogen-bond donors (Lipinski definition) is 1. The number of aliphatic carboxylic acids is 1. The summed E-state index contributed by atoms with van der Waals surface area (Å²) in [6.45, 7) is 0.656. The van der Waals surface area contributed by atoms with E-state index in [9.17, 15) is 19.1 Å². The summed E-state index contributed by atoms with van der Waals surface area (Å²) in [6.07, 6.45) is 3.02. The molecule has 4 nitrogen and oxygen atoms in total. The van der Waals surface area contributed by atoms with E-state index in [1.165, 1.54) is 12.1 Å². The van der Waals surface area contributed by atoms with Crippen LogP contribution in [0.1, 0.15) is 36.3 Å². The number of likely N-dealkylation sites (tertiary alicyclic amines) is 1. The normalized spacial score (nSPS) is 23.2. The summed E-state index contributed by atoms with van der Waals surface area (Å²) in [4.78, 5) is 27.0. The van der Waals surface area contributed by atoms with Gasteiger partial charge in [-0.2, -0.15) is 0 Å². The Labute approximate surface area is 164 Å². The second-order valence-corrected chi connectivity index (χ2v) is 8.11. The Kier molecular flexibility index (Phi) is 4.92. The van der Waals surface area contributed by atoms with Crippen LogP contribution in [0.15, 0.2) is 54.6 Å². The van der Waals surface area contributed by atoms with E-state index in [2.05, 4.69) is 0 Å². The van der Waals surface area contributed by atoms with Crippen LogP contribution in [-0.4, -0.2) is 35.0 Å². The van der Waals surface area contributed by atoms with E-state index in [0.717, 1.165) is 30.4 Å². The predicted molar refractivity (Wildman–Crippen MR) is 103 cm³/mol. The molecule has 0 aromatic heterocycles. The van der Waals surface area contributed by atoms with E-state index in [1.807, 2.05) is 36.4 Å². The fourth-order valence-corrected chi connectivity index (χ4v) is 4.70. The van der Waals surface area contributed by atoms with Crippen LogP contribution in [0.25, 0.3) is 0 Å². The highest BCUT2D eigenvalue weighted by molar-refractivity contribution is 5.85. The zero-order valence-electron chi connectivity index (χ0n) is 15.7. The molecule has 2 atom stereocenters. The maximum atomic E-state index is 13.6. The van der Waals surface area contributed by atoms with Gasteiger partial charge < -0.3 is 10.0 Å². The van der Waals surface area contributed by atoms with E-state index in [4.69, 9.17) is 0 Å². The number of carbonyl (C=O) groups excluding carboxylic acids is 1. The van der Waals surface area contributed by atoms with Crippen molar-refractivity contribution in [2.75, 3.05) is 13.1 Å². The molecule has 2 aromatic carbocycles. The minimum absolute atomic E-state index is 0.0210. The molecule has 0 spiro atoms. The van der Waals surface area contributed by atoms with Crippen molar-refractivity contribution >= 4 is 11.9 Å². The second kappa shape index (κ2) is 7.38. The molecule has 1 amide bonds. The van der Waals surface area contributed by atoms with Crippen LogP contribution in [0, 0.1) is 17.2 Å². The van der Waals surface area contributed by atoms with Crippen LogP contribution in [0.2, 0.25) is 0 Å². The van der Waals surface area contributed by atoms with Gasteiger partial charge in [-0.15, -0.1) is 0 Å². The molecule has 0 bridgehead atoms. The summed E-state index contributed by atoms with van der Waals surface area (Å²) in [6, 6.07) is 16.0. The van der Waals surface area contributed by atoms with Crippen LogP contribution in [-0.2, 0) is 16.0 Å². The lowest BCUT2D eigenvalue weighted by Crippen LogP contribution is -2.48. The third-order valence-corrected chi connectivity index (χ3v) is 6.35. The molecule has 1 saturated heterocycles. The summed E-state index contributed by atoms with van der Waals surface area (Å²) in [5, 5.41) is 9.70. The zero-order chi connectivity index (χ0) is 19.7. The van der Waals surface area contributed by atoms with Crippen molar-refractivity contribution in [2.45, 2.75) is 31.6 Å². The molecule has 1 N–H and O–H groups in total. The zero-order valence-corrected chi connectivity index (χ0v) is 15.7. The summed E-state index contributed by atoms with van der Waals surface area (Å²) < 4.78 is 13.6. The fraction of sp³-hybridized carbons (Fsp3) is 0.391. The minimum atomic E-state index is -0.864. The maximum absolute atomic E-state index is 13.6. The SMILES string of the molecule is O=C(O)C1CN(C(=O)C2(Cc3cccc(F)c3)CCC2)CC1c1ccccc1. The molecule has 2 unspecified atom stereocenters.